The largest absolute Gasteiger partial charge is 0.371 e. The summed E-state index contributed by atoms with van der Waals surface area (Å²) in [6.45, 7) is 2.42. The molecule has 0 spiro atoms. The summed E-state index contributed by atoms with van der Waals surface area (Å²) in [6, 6.07) is 14.5. The molecule has 0 fully saturated rings. The van der Waals surface area contributed by atoms with E-state index >= 15 is 0 Å². The van der Waals surface area contributed by atoms with E-state index < -0.39 is 0 Å². The number of likely N-dealkylation sites (N-methyl/N-ethyl adjacent to an activating group) is 1. The molecule has 0 saturated carbocycles. The van der Waals surface area contributed by atoms with E-state index in [0.29, 0.717) is 6.54 Å². The van der Waals surface area contributed by atoms with Crippen LogP contribution in [0.15, 0.2) is 42.5 Å². The molecule has 1 heterocycles. The van der Waals surface area contributed by atoms with Crippen molar-refractivity contribution >= 4 is 28.7 Å². The molecule has 0 amide bonds. The number of para-hydroxylation sites is 2. The number of nitrogens with zero attached hydrogens (tertiary/aromatic N) is 2. The molecule has 0 atom stereocenters. The molecule has 0 radical (unpaired) electrons. The van der Waals surface area contributed by atoms with Gasteiger partial charge in [-0.15, -0.1) is 0 Å². The Kier molecular flexibility index (Phi) is 3.55. The van der Waals surface area contributed by atoms with Crippen LogP contribution in [0.4, 0.5) is 17.1 Å². The Morgan fingerprint density at radius 2 is 1.80 bits per heavy atom. The Morgan fingerprint density at radius 1 is 1.05 bits per heavy atom. The van der Waals surface area contributed by atoms with Crippen LogP contribution in [-0.2, 0) is 6.54 Å². The molecule has 0 saturated heterocycles. The lowest BCUT2D eigenvalue weighted by Crippen LogP contribution is -2.36. The molecule has 2 aromatic rings. The first-order valence-electron chi connectivity index (χ1n) is 6.77. The van der Waals surface area contributed by atoms with Crippen molar-refractivity contribution in [3.8, 4) is 0 Å². The molecular weight excluding hydrogens is 270 g/mol. The van der Waals surface area contributed by atoms with Gasteiger partial charge in [0.2, 0.25) is 0 Å². The monoisotopic (exact) mass is 287 g/mol. The second-order valence-electron chi connectivity index (χ2n) is 5.05. The van der Waals surface area contributed by atoms with Crippen LogP contribution in [0.1, 0.15) is 5.56 Å². The van der Waals surface area contributed by atoms with E-state index in [1.54, 1.807) is 0 Å². The first kappa shape index (κ1) is 13.3. The molecule has 0 unspecified atom stereocenters. The van der Waals surface area contributed by atoms with Crippen LogP contribution in [0.3, 0.4) is 0 Å². The molecule has 0 bridgehead atoms. The van der Waals surface area contributed by atoms with Gasteiger partial charge in [-0.05, 0) is 29.8 Å². The standard InChI is InChI=1S/C16H18ClN3/c1-19-8-9-20(16-5-3-2-4-15(16)19)14-7-6-12(11-18)10-13(14)17/h2-7,10H,8-9,11,18H2,1H3. The summed E-state index contributed by atoms with van der Waals surface area (Å²) in [7, 11) is 2.12. The highest BCUT2D eigenvalue weighted by molar-refractivity contribution is 6.33. The van der Waals surface area contributed by atoms with Crippen molar-refractivity contribution in [2.45, 2.75) is 6.54 Å². The van der Waals surface area contributed by atoms with Gasteiger partial charge in [0.05, 0.1) is 22.1 Å². The molecule has 3 nitrogen and oxygen atoms in total. The van der Waals surface area contributed by atoms with Crippen molar-refractivity contribution in [2.75, 3.05) is 29.9 Å². The van der Waals surface area contributed by atoms with Gasteiger partial charge in [0.15, 0.2) is 0 Å². The predicted octanol–water partition coefficient (Wildman–Crippen LogP) is 3.39. The number of hydrogen-bond donors (Lipinski definition) is 1. The zero-order valence-corrected chi connectivity index (χ0v) is 12.3. The van der Waals surface area contributed by atoms with Crippen LogP contribution in [0, 0.1) is 0 Å². The Morgan fingerprint density at radius 3 is 2.50 bits per heavy atom. The van der Waals surface area contributed by atoms with E-state index in [-0.39, 0.29) is 0 Å². The number of halogens is 1. The van der Waals surface area contributed by atoms with Gasteiger partial charge in [-0.2, -0.15) is 0 Å². The third-order valence-corrected chi connectivity index (χ3v) is 4.08. The van der Waals surface area contributed by atoms with Crippen LogP contribution in [0.25, 0.3) is 0 Å². The highest BCUT2D eigenvalue weighted by atomic mass is 35.5. The van der Waals surface area contributed by atoms with E-state index in [0.717, 1.165) is 29.4 Å². The van der Waals surface area contributed by atoms with Gasteiger partial charge in [0.25, 0.3) is 0 Å². The van der Waals surface area contributed by atoms with Crippen LogP contribution in [0.5, 0.6) is 0 Å². The minimum absolute atomic E-state index is 0.513. The van der Waals surface area contributed by atoms with Crippen molar-refractivity contribution in [3.63, 3.8) is 0 Å². The molecular formula is C16H18ClN3. The molecule has 20 heavy (non-hydrogen) atoms. The summed E-state index contributed by atoms with van der Waals surface area (Å²) >= 11 is 6.43. The molecule has 4 heteroatoms. The lowest BCUT2D eigenvalue weighted by molar-refractivity contribution is 0.822. The molecule has 2 N–H and O–H groups in total. The van der Waals surface area contributed by atoms with E-state index in [1.807, 2.05) is 12.1 Å². The van der Waals surface area contributed by atoms with Crippen LogP contribution in [-0.4, -0.2) is 20.1 Å². The van der Waals surface area contributed by atoms with Crippen LogP contribution in [0.2, 0.25) is 5.02 Å². The summed E-state index contributed by atoms with van der Waals surface area (Å²) in [5, 5.41) is 0.757. The summed E-state index contributed by atoms with van der Waals surface area (Å²) in [5.41, 5.74) is 10.2. The first-order valence-corrected chi connectivity index (χ1v) is 7.14. The molecule has 0 aromatic heterocycles. The molecule has 1 aliphatic rings. The Bertz CT molecular complexity index is 627. The highest BCUT2D eigenvalue weighted by Gasteiger charge is 2.22. The Balaban J connectivity index is 2.05. The Hall–Kier alpha value is -1.71. The fourth-order valence-electron chi connectivity index (χ4n) is 2.65. The third-order valence-electron chi connectivity index (χ3n) is 3.78. The number of rotatable bonds is 2. The van der Waals surface area contributed by atoms with Crippen LogP contribution >= 0.6 is 11.6 Å². The van der Waals surface area contributed by atoms with Crippen molar-refractivity contribution < 1.29 is 0 Å². The maximum Gasteiger partial charge on any atom is 0.0649 e. The average Bonchev–Trinajstić information content (AvgIpc) is 2.48. The number of hydrogen-bond acceptors (Lipinski definition) is 3. The predicted molar refractivity (Wildman–Crippen MR) is 86.1 cm³/mol. The topological polar surface area (TPSA) is 32.5 Å². The zero-order chi connectivity index (χ0) is 14.1. The normalized spacial score (nSPS) is 14.3. The minimum atomic E-state index is 0.513. The van der Waals surface area contributed by atoms with Crippen molar-refractivity contribution in [2.24, 2.45) is 5.73 Å². The third kappa shape index (κ3) is 2.23. The molecule has 0 aliphatic carbocycles. The second-order valence-corrected chi connectivity index (χ2v) is 5.46. The number of nitrogens with two attached hydrogens (primary N) is 1. The van der Waals surface area contributed by atoms with E-state index in [4.69, 9.17) is 17.3 Å². The van der Waals surface area contributed by atoms with E-state index in [1.165, 1.54) is 11.4 Å². The van der Waals surface area contributed by atoms with E-state index in [2.05, 4.69) is 47.2 Å². The lowest BCUT2D eigenvalue weighted by Gasteiger charge is -2.37. The maximum absolute atomic E-state index is 6.43. The molecule has 1 aliphatic heterocycles. The van der Waals surface area contributed by atoms with Gasteiger partial charge in [-0.1, -0.05) is 29.8 Å². The van der Waals surface area contributed by atoms with Gasteiger partial charge >= 0.3 is 0 Å². The van der Waals surface area contributed by atoms with Crippen molar-refractivity contribution in [3.05, 3.63) is 53.1 Å². The quantitative estimate of drug-likeness (QED) is 0.919. The van der Waals surface area contributed by atoms with Crippen LogP contribution < -0.4 is 15.5 Å². The van der Waals surface area contributed by atoms with Gasteiger partial charge < -0.3 is 15.5 Å². The number of fused-ring (bicyclic) bond motifs is 1. The lowest BCUT2D eigenvalue weighted by atomic mass is 10.1. The minimum Gasteiger partial charge on any atom is -0.371 e. The molecule has 2 aromatic carbocycles. The number of anilines is 3. The summed E-state index contributed by atoms with van der Waals surface area (Å²) < 4.78 is 0. The fraction of sp³-hybridized carbons (Fsp3) is 0.250. The zero-order valence-electron chi connectivity index (χ0n) is 11.5. The van der Waals surface area contributed by atoms with E-state index in [9.17, 15) is 0 Å². The second kappa shape index (κ2) is 5.35. The highest BCUT2D eigenvalue weighted by Crippen LogP contribution is 2.39. The van der Waals surface area contributed by atoms with Crippen molar-refractivity contribution in [1.82, 2.24) is 0 Å². The SMILES string of the molecule is CN1CCN(c2ccc(CN)cc2Cl)c2ccccc21. The summed E-state index contributed by atoms with van der Waals surface area (Å²) in [6.07, 6.45) is 0. The fourth-order valence-corrected chi connectivity index (χ4v) is 2.96. The van der Waals surface area contributed by atoms with Gasteiger partial charge in [-0.3, -0.25) is 0 Å². The summed E-state index contributed by atoms with van der Waals surface area (Å²) in [5.74, 6) is 0. The Labute approximate surface area is 124 Å². The van der Waals surface area contributed by atoms with Crippen molar-refractivity contribution in [1.29, 1.82) is 0 Å². The maximum atomic E-state index is 6.43. The summed E-state index contributed by atoms with van der Waals surface area (Å²) in [4.78, 5) is 4.55. The smallest absolute Gasteiger partial charge is 0.0649 e. The average molecular weight is 288 g/mol. The molecule has 104 valence electrons. The van der Waals surface area contributed by atoms with Gasteiger partial charge in [0, 0.05) is 26.7 Å². The van der Waals surface area contributed by atoms with Gasteiger partial charge in [-0.25, -0.2) is 0 Å². The first-order chi connectivity index (χ1) is 9.70. The molecule has 3 rings (SSSR count). The number of benzene rings is 2. The van der Waals surface area contributed by atoms with Gasteiger partial charge in [0.1, 0.15) is 0 Å².